The second kappa shape index (κ2) is 4.83. The van der Waals surface area contributed by atoms with Crippen molar-refractivity contribution in [1.29, 1.82) is 0 Å². The molecule has 108 valence electrons. The van der Waals surface area contributed by atoms with Crippen LogP contribution in [0.2, 0.25) is 0 Å². The number of aromatic nitrogens is 4. The molecule has 2 N–H and O–H groups in total. The van der Waals surface area contributed by atoms with Gasteiger partial charge in [0.2, 0.25) is 0 Å². The first-order chi connectivity index (χ1) is 10.3. The summed E-state index contributed by atoms with van der Waals surface area (Å²) in [6, 6.07) is 8.24. The Kier molecular flexibility index (Phi) is 2.83. The van der Waals surface area contributed by atoms with E-state index in [1.54, 1.807) is 0 Å². The molecule has 2 aliphatic rings. The van der Waals surface area contributed by atoms with E-state index in [9.17, 15) is 4.79 Å². The summed E-state index contributed by atoms with van der Waals surface area (Å²) in [5, 5.41) is 17.6. The van der Waals surface area contributed by atoms with Gasteiger partial charge < -0.3 is 10.6 Å². The third kappa shape index (κ3) is 2.72. The van der Waals surface area contributed by atoms with Gasteiger partial charge in [-0.05, 0) is 60.4 Å². The van der Waals surface area contributed by atoms with Crippen molar-refractivity contribution < 1.29 is 4.79 Å². The second-order valence-corrected chi connectivity index (χ2v) is 5.63. The van der Waals surface area contributed by atoms with Crippen molar-refractivity contribution in [3.63, 3.8) is 0 Å². The maximum atomic E-state index is 11.7. The highest BCUT2D eigenvalue weighted by Crippen LogP contribution is 2.36. The van der Waals surface area contributed by atoms with E-state index in [2.05, 4.69) is 26.2 Å². The molecule has 0 unspecified atom stereocenters. The smallest absolute Gasteiger partial charge is 0.319 e. The van der Waals surface area contributed by atoms with Crippen LogP contribution in [0, 0.1) is 0 Å². The molecule has 7 heteroatoms. The molecule has 2 aromatic rings. The fourth-order valence-electron chi connectivity index (χ4n) is 2.23. The van der Waals surface area contributed by atoms with Gasteiger partial charge in [0, 0.05) is 17.3 Å². The lowest BCUT2D eigenvalue weighted by molar-refractivity contribution is 0.251. The number of hydrogen-bond acceptors (Lipinski definition) is 4. The fraction of sp³-hybridized carbons (Fsp3) is 0.429. The standard InChI is InChI=1S/C14H16N6O/c21-14(16-11-5-6-11)15-10-3-1-9(2-4-10)13-17-18-19-20(13)12-7-8-12/h1-4,11-12H,5-8H2,(H2,15,16,21). The van der Waals surface area contributed by atoms with Crippen LogP contribution in [0.25, 0.3) is 11.4 Å². The van der Waals surface area contributed by atoms with E-state index in [4.69, 9.17) is 0 Å². The largest absolute Gasteiger partial charge is 0.335 e. The van der Waals surface area contributed by atoms with Gasteiger partial charge in [-0.25, -0.2) is 9.48 Å². The number of rotatable bonds is 4. The lowest BCUT2D eigenvalue weighted by atomic mass is 10.2. The van der Waals surface area contributed by atoms with Crippen LogP contribution in [-0.2, 0) is 0 Å². The molecule has 0 atom stereocenters. The predicted octanol–water partition coefficient (Wildman–Crippen LogP) is 1.96. The minimum absolute atomic E-state index is 0.145. The van der Waals surface area contributed by atoms with Gasteiger partial charge in [-0.2, -0.15) is 0 Å². The summed E-state index contributed by atoms with van der Waals surface area (Å²) in [6.07, 6.45) is 4.43. The molecule has 0 saturated heterocycles. The van der Waals surface area contributed by atoms with Crippen molar-refractivity contribution in [1.82, 2.24) is 25.5 Å². The number of benzene rings is 1. The van der Waals surface area contributed by atoms with Gasteiger partial charge in [0.25, 0.3) is 0 Å². The summed E-state index contributed by atoms with van der Waals surface area (Å²) in [6.45, 7) is 0. The summed E-state index contributed by atoms with van der Waals surface area (Å²) in [5.74, 6) is 0.784. The number of nitrogens with one attached hydrogen (secondary N) is 2. The van der Waals surface area contributed by atoms with Crippen LogP contribution in [0.5, 0.6) is 0 Å². The highest BCUT2D eigenvalue weighted by atomic mass is 16.2. The number of carbonyl (C=O) groups is 1. The molecule has 0 spiro atoms. The number of hydrogen-bond donors (Lipinski definition) is 2. The maximum absolute atomic E-state index is 11.7. The maximum Gasteiger partial charge on any atom is 0.319 e. The van der Waals surface area contributed by atoms with E-state index < -0.39 is 0 Å². The zero-order chi connectivity index (χ0) is 14.2. The number of carbonyl (C=O) groups excluding carboxylic acids is 1. The fourth-order valence-corrected chi connectivity index (χ4v) is 2.23. The quantitative estimate of drug-likeness (QED) is 0.898. The van der Waals surface area contributed by atoms with Crippen LogP contribution in [0.4, 0.5) is 10.5 Å². The van der Waals surface area contributed by atoms with Crippen LogP contribution >= 0.6 is 0 Å². The Morgan fingerprint density at radius 1 is 1.14 bits per heavy atom. The second-order valence-electron chi connectivity index (χ2n) is 5.63. The zero-order valence-corrected chi connectivity index (χ0v) is 11.5. The zero-order valence-electron chi connectivity index (χ0n) is 11.5. The summed E-state index contributed by atoms with van der Waals surface area (Å²) in [5.41, 5.74) is 1.72. The van der Waals surface area contributed by atoms with Crippen LogP contribution in [-0.4, -0.2) is 32.3 Å². The van der Waals surface area contributed by atoms with Crippen LogP contribution in [0.1, 0.15) is 31.7 Å². The molecule has 0 aliphatic heterocycles. The predicted molar refractivity (Wildman–Crippen MR) is 76.7 cm³/mol. The Morgan fingerprint density at radius 2 is 1.90 bits per heavy atom. The first-order valence-electron chi connectivity index (χ1n) is 7.25. The SMILES string of the molecule is O=C(Nc1ccc(-c2nnnn2C2CC2)cc1)NC1CC1. The lowest BCUT2D eigenvalue weighted by Gasteiger charge is -2.07. The topological polar surface area (TPSA) is 84.7 Å². The van der Waals surface area contributed by atoms with Crippen LogP contribution < -0.4 is 10.6 Å². The van der Waals surface area contributed by atoms with Gasteiger partial charge in [-0.1, -0.05) is 0 Å². The number of urea groups is 1. The third-order valence-electron chi connectivity index (χ3n) is 3.70. The van der Waals surface area contributed by atoms with E-state index in [1.165, 1.54) is 0 Å². The molecule has 2 aliphatic carbocycles. The average molecular weight is 284 g/mol. The average Bonchev–Trinajstić information content (AvgIpc) is 3.41. The van der Waals surface area contributed by atoms with Gasteiger partial charge in [0.15, 0.2) is 5.82 Å². The highest BCUT2D eigenvalue weighted by Gasteiger charge is 2.28. The molecule has 21 heavy (non-hydrogen) atoms. The normalized spacial score (nSPS) is 17.5. The molecule has 1 aromatic carbocycles. The molecule has 0 radical (unpaired) electrons. The van der Waals surface area contributed by atoms with E-state index in [-0.39, 0.29) is 6.03 Å². The van der Waals surface area contributed by atoms with E-state index in [0.717, 1.165) is 42.8 Å². The molecule has 2 saturated carbocycles. The Balaban J connectivity index is 1.47. The van der Waals surface area contributed by atoms with Crippen molar-refractivity contribution >= 4 is 11.7 Å². The van der Waals surface area contributed by atoms with Crippen LogP contribution in [0.3, 0.4) is 0 Å². The Labute approximate surface area is 121 Å². The first-order valence-corrected chi connectivity index (χ1v) is 7.25. The molecular formula is C14H16N6O. The molecule has 4 rings (SSSR count). The number of anilines is 1. The summed E-state index contributed by atoms with van der Waals surface area (Å²) in [4.78, 5) is 11.7. The van der Waals surface area contributed by atoms with Gasteiger partial charge in [0.1, 0.15) is 0 Å². The Morgan fingerprint density at radius 3 is 2.57 bits per heavy atom. The summed E-state index contributed by atoms with van der Waals surface area (Å²) < 4.78 is 1.88. The van der Waals surface area contributed by atoms with Crippen LogP contribution in [0.15, 0.2) is 24.3 Å². The van der Waals surface area contributed by atoms with E-state index in [1.807, 2.05) is 28.9 Å². The van der Waals surface area contributed by atoms with Gasteiger partial charge in [0.05, 0.1) is 6.04 Å². The number of amides is 2. The molecule has 0 bridgehead atoms. The Hall–Kier alpha value is -2.44. The van der Waals surface area contributed by atoms with E-state index in [0.29, 0.717) is 12.1 Å². The van der Waals surface area contributed by atoms with Gasteiger partial charge in [-0.15, -0.1) is 5.10 Å². The highest BCUT2D eigenvalue weighted by molar-refractivity contribution is 5.89. The number of tetrazole rings is 1. The number of nitrogens with zero attached hydrogens (tertiary/aromatic N) is 4. The molecule has 2 amide bonds. The molecular weight excluding hydrogens is 268 g/mol. The van der Waals surface area contributed by atoms with Crippen molar-refractivity contribution in [2.45, 2.75) is 37.8 Å². The van der Waals surface area contributed by atoms with Crippen molar-refractivity contribution in [3.05, 3.63) is 24.3 Å². The van der Waals surface area contributed by atoms with Gasteiger partial charge >= 0.3 is 6.03 Å². The van der Waals surface area contributed by atoms with E-state index >= 15 is 0 Å². The molecule has 1 aromatic heterocycles. The van der Waals surface area contributed by atoms with Crippen molar-refractivity contribution in [2.75, 3.05) is 5.32 Å². The first kappa shape index (κ1) is 12.3. The molecule has 1 heterocycles. The lowest BCUT2D eigenvalue weighted by Crippen LogP contribution is -2.30. The van der Waals surface area contributed by atoms with Crippen molar-refractivity contribution in [3.8, 4) is 11.4 Å². The molecule has 7 nitrogen and oxygen atoms in total. The monoisotopic (exact) mass is 284 g/mol. The van der Waals surface area contributed by atoms with Crippen molar-refractivity contribution in [2.24, 2.45) is 0 Å². The minimum Gasteiger partial charge on any atom is -0.335 e. The van der Waals surface area contributed by atoms with Gasteiger partial charge in [-0.3, -0.25) is 0 Å². The summed E-state index contributed by atoms with van der Waals surface area (Å²) in [7, 11) is 0. The summed E-state index contributed by atoms with van der Waals surface area (Å²) >= 11 is 0. The Bertz CT molecular complexity index is 656. The molecule has 2 fully saturated rings. The minimum atomic E-state index is -0.145. The third-order valence-corrected chi connectivity index (χ3v) is 3.70.